The highest BCUT2D eigenvalue weighted by atomic mass is 16.5. The van der Waals surface area contributed by atoms with Crippen LogP contribution in [0, 0.1) is 0 Å². The van der Waals surface area contributed by atoms with Gasteiger partial charge in [-0.2, -0.15) is 0 Å². The number of phenols is 2. The van der Waals surface area contributed by atoms with Crippen LogP contribution in [0.15, 0.2) is 48.0 Å². The molecule has 3 N–H and O–H groups in total. The molecule has 2 aromatic carbocycles. The number of carbonyl (C=O) groups is 2. The first kappa shape index (κ1) is 26.3. The number of esters is 1. The Morgan fingerprint density at radius 1 is 1.17 bits per heavy atom. The third-order valence-corrected chi connectivity index (χ3v) is 6.69. The number of ether oxygens (including phenoxy) is 1. The summed E-state index contributed by atoms with van der Waals surface area (Å²) in [5.74, 6) is -1.46. The Hall–Kier alpha value is -3.28. The molecule has 35 heavy (non-hydrogen) atoms. The van der Waals surface area contributed by atoms with E-state index >= 15 is 0 Å². The average molecular weight is 480 g/mol. The van der Waals surface area contributed by atoms with Crippen LogP contribution in [0.1, 0.15) is 85.3 Å². The molecule has 0 saturated carbocycles. The molecular weight excluding hydrogens is 442 g/mol. The number of carbonyl (C=O) groups excluding carboxylic acids is 2. The fourth-order valence-electron chi connectivity index (χ4n) is 4.86. The molecule has 0 aromatic heterocycles. The van der Waals surface area contributed by atoms with Gasteiger partial charge in [-0.15, -0.1) is 0 Å². The minimum Gasteiger partial charge on any atom is -0.507 e. The van der Waals surface area contributed by atoms with Crippen LogP contribution in [0.2, 0.25) is 0 Å². The molecule has 2 aromatic rings. The van der Waals surface area contributed by atoms with Crippen LogP contribution < -0.4 is 5.32 Å². The van der Waals surface area contributed by atoms with Gasteiger partial charge in [0.2, 0.25) is 0 Å². The van der Waals surface area contributed by atoms with Crippen molar-refractivity contribution in [2.75, 3.05) is 7.11 Å². The summed E-state index contributed by atoms with van der Waals surface area (Å²) in [6.45, 7) is 4.13. The van der Waals surface area contributed by atoms with E-state index in [0.29, 0.717) is 17.5 Å². The standard InChI is InChI=1S/C29H37NO5/c1-4-5-7-14-22-18-24(31)25(21-15-10-11-19(2)16-21)27(32)26(22)28(33)30-23(29(34)35-3)17-20-12-8-6-9-13-20/h6,8-9,12-13,16,18,21,23,31-32H,4-5,7,10-11,14-15,17H2,1-3H3,(H,30,33)/t21?,23-/m0/s1. The highest BCUT2D eigenvalue weighted by Crippen LogP contribution is 2.44. The zero-order valence-corrected chi connectivity index (χ0v) is 21.0. The molecule has 6 heteroatoms. The van der Waals surface area contributed by atoms with E-state index in [4.69, 9.17) is 4.74 Å². The lowest BCUT2D eigenvalue weighted by molar-refractivity contribution is -0.142. The van der Waals surface area contributed by atoms with Crippen LogP contribution >= 0.6 is 0 Å². The lowest BCUT2D eigenvalue weighted by Crippen LogP contribution is -2.43. The summed E-state index contributed by atoms with van der Waals surface area (Å²) in [6, 6.07) is 10.1. The Labute approximate surface area is 208 Å². The molecule has 0 aliphatic heterocycles. The van der Waals surface area contributed by atoms with E-state index in [2.05, 4.69) is 18.3 Å². The summed E-state index contributed by atoms with van der Waals surface area (Å²) in [4.78, 5) is 26.1. The van der Waals surface area contributed by atoms with Gasteiger partial charge in [-0.3, -0.25) is 4.79 Å². The van der Waals surface area contributed by atoms with Gasteiger partial charge in [0.05, 0.1) is 12.7 Å². The molecule has 3 rings (SSSR count). The number of amides is 1. The number of allylic oxidation sites excluding steroid dienone is 2. The summed E-state index contributed by atoms with van der Waals surface area (Å²) in [5, 5.41) is 25.0. The molecule has 1 aliphatic carbocycles. The van der Waals surface area contributed by atoms with Crippen molar-refractivity contribution in [3.05, 3.63) is 70.3 Å². The number of nitrogens with one attached hydrogen (secondary N) is 1. The Bertz CT molecular complexity index is 1060. The Kier molecular flexibility index (Phi) is 9.35. The molecular formula is C29H37NO5. The zero-order valence-electron chi connectivity index (χ0n) is 21.0. The van der Waals surface area contributed by atoms with E-state index < -0.39 is 17.9 Å². The van der Waals surface area contributed by atoms with Gasteiger partial charge in [0, 0.05) is 17.9 Å². The molecule has 188 valence electrons. The molecule has 2 atom stereocenters. The predicted molar refractivity (Wildman–Crippen MR) is 137 cm³/mol. The molecule has 6 nitrogen and oxygen atoms in total. The van der Waals surface area contributed by atoms with Gasteiger partial charge in [0.15, 0.2) is 0 Å². The van der Waals surface area contributed by atoms with Crippen molar-refractivity contribution in [2.45, 2.75) is 77.2 Å². The molecule has 1 unspecified atom stereocenters. The number of aryl methyl sites for hydroxylation is 1. The first-order valence-electron chi connectivity index (χ1n) is 12.5. The van der Waals surface area contributed by atoms with Crippen molar-refractivity contribution in [2.24, 2.45) is 0 Å². The van der Waals surface area contributed by atoms with Gasteiger partial charge >= 0.3 is 5.97 Å². The minimum absolute atomic E-state index is 0.00954. The van der Waals surface area contributed by atoms with E-state index in [1.165, 1.54) is 12.7 Å². The van der Waals surface area contributed by atoms with Crippen LogP contribution in [0.5, 0.6) is 11.5 Å². The quantitative estimate of drug-likeness (QED) is 0.236. The lowest BCUT2D eigenvalue weighted by Gasteiger charge is -2.25. The highest BCUT2D eigenvalue weighted by Gasteiger charge is 2.30. The lowest BCUT2D eigenvalue weighted by atomic mass is 9.83. The number of phenolic OH excluding ortho intramolecular Hbond substituents is 2. The van der Waals surface area contributed by atoms with Gasteiger partial charge < -0.3 is 20.3 Å². The zero-order chi connectivity index (χ0) is 25.4. The van der Waals surface area contributed by atoms with Gasteiger partial charge in [-0.1, -0.05) is 61.7 Å². The first-order chi connectivity index (χ1) is 16.8. The smallest absolute Gasteiger partial charge is 0.328 e. The topological polar surface area (TPSA) is 95.9 Å². The van der Waals surface area contributed by atoms with E-state index in [0.717, 1.165) is 44.1 Å². The summed E-state index contributed by atoms with van der Waals surface area (Å²) in [5.41, 5.74) is 3.17. The highest BCUT2D eigenvalue weighted by molar-refractivity contribution is 6.01. The van der Waals surface area contributed by atoms with Crippen molar-refractivity contribution >= 4 is 11.9 Å². The van der Waals surface area contributed by atoms with Crippen LogP contribution in [-0.4, -0.2) is 35.2 Å². The summed E-state index contributed by atoms with van der Waals surface area (Å²) < 4.78 is 4.95. The second-order valence-electron chi connectivity index (χ2n) is 9.40. The summed E-state index contributed by atoms with van der Waals surface area (Å²) >= 11 is 0. The van der Waals surface area contributed by atoms with Crippen molar-refractivity contribution in [3.63, 3.8) is 0 Å². The third-order valence-electron chi connectivity index (χ3n) is 6.69. The number of methoxy groups -OCH3 is 1. The largest absolute Gasteiger partial charge is 0.507 e. The third kappa shape index (κ3) is 6.65. The minimum atomic E-state index is -0.910. The van der Waals surface area contributed by atoms with Crippen LogP contribution in [-0.2, 0) is 22.4 Å². The molecule has 0 heterocycles. The monoisotopic (exact) mass is 479 g/mol. The second kappa shape index (κ2) is 12.4. The normalized spacial score (nSPS) is 16.3. The number of hydrogen-bond donors (Lipinski definition) is 3. The number of hydrogen-bond acceptors (Lipinski definition) is 5. The molecule has 0 spiro atoms. The van der Waals surface area contributed by atoms with Crippen molar-refractivity contribution in [1.29, 1.82) is 0 Å². The van der Waals surface area contributed by atoms with Crippen LogP contribution in [0.4, 0.5) is 0 Å². The fourth-order valence-corrected chi connectivity index (χ4v) is 4.86. The van der Waals surface area contributed by atoms with Gasteiger partial charge in [0.25, 0.3) is 5.91 Å². The average Bonchev–Trinajstić information content (AvgIpc) is 2.83. The van der Waals surface area contributed by atoms with E-state index in [-0.39, 0.29) is 29.4 Å². The summed E-state index contributed by atoms with van der Waals surface area (Å²) in [6.07, 6.45) is 8.38. The van der Waals surface area contributed by atoms with E-state index in [1.807, 2.05) is 37.3 Å². The SMILES string of the molecule is CCCCCc1cc(O)c(C2C=C(C)CCC2)c(O)c1C(=O)N[C@@H](Cc1ccccc1)C(=O)OC. The Morgan fingerprint density at radius 3 is 2.57 bits per heavy atom. The van der Waals surface area contributed by atoms with E-state index in [1.54, 1.807) is 6.07 Å². The number of rotatable bonds is 10. The summed E-state index contributed by atoms with van der Waals surface area (Å²) in [7, 11) is 1.29. The van der Waals surface area contributed by atoms with Crippen molar-refractivity contribution in [3.8, 4) is 11.5 Å². The number of aromatic hydroxyl groups is 2. The molecule has 0 bridgehead atoms. The molecule has 0 saturated heterocycles. The first-order valence-corrected chi connectivity index (χ1v) is 12.5. The maximum absolute atomic E-state index is 13.6. The Balaban J connectivity index is 1.99. The van der Waals surface area contributed by atoms with Gasteiger partial charge in [0.1, 0.15) is 17.5 Å². The Morgan fingerprint density at radius 2 is 1.91 bits per heavy atom. The molecule has 0 fully saturated rings. The maximum atomic E-state index is 13.6. The van der Waals surface area contributed by atoms with Crippen LogP contribution in [0.25, 0.3) is 0 Å². The molecule has 1 amide bonds. The van der Waals surface area contributed by atoms with Gasteiger partial charge in [-0.25, -0.2) is 4.79 Å². The second-order valence-corrected chi connectivity index (χ2v) is 9.40. The number of unbranched alkanes of at least 4 members (excludes halogenated alkanes) is 2. The fraction of sp³-hybridized carbons (Fsp3) is 0.448. The number of benzene rings is 2. The predicted octanol–water partition coefficient (Wildman–Crippen LogP) is 5.56. The van der Waals surface area contributed by atoms with E-state index in [9.17, 15) is 19.8 Å². The van der Waals surface area contributed by atoms with Gasteiger partial charge in [-0.05, 0) is 56.2 Å². The van der Waals surface area contributed by atoms with Crippen molar-refractivity contribution < 1.29 is 24.5 Å². The maximum Gasteiger partial charge on any atom is 0.328 e. The molecule has 0 radical (unpaired) electrons. The van der Waals surface area contributed by atoms with Crippen LogP contribution in [0.3, 0.4) is 0 Å². The van der Waals surface area contributed by atoms with Crippen molar-refractivity contribution in [1.82, 2.24) is 5.32 Å². The molecule has 1 aliphatic rings.